The number of para-hydroxylation sites is 1. The molecule has 2 aromatic rings. The number of aromatic amines is 1. The molecule has 4 heteroatoms. The molecule has 0 bridgehead atoms. The van der Waals surface area contributed by atoms with E-state index in [0.29, 0.717) is 4.77 Å². The number of benzene rings is 1. The van der Waals surface area contributed by atoms with Crippen LogP contribution in [-0.4, -0.2) is 14.8 Å². The maximum absolute atomic E-state index is 5.21. The van der Waals surface area contributed by atoms with Crippen molar-refractivity contribution >= 4 is 12.2 Å². The molecular weight excluding hydrogens is 206 g/mol. The monoisotopic (exact) mass is 219 g/mol. The van der Waals surface area contributed by atoms with E-state index in [2.05, 4.69) is 29.3 Å². The lowest BCUT2D eigenvalue weighted by atomic mass is 10.1. The van der Waals surface area contributed by atoms with Gasteiger partial charge in [0.15, 0.2) is 4.77 Å². The Bertz CT molecular complexity index is 525. The van der Waals surface area contributed by atoms with Gasteiger partial charge in [-0.3, -0.25) is 9.67 Å². The molecule has 3 nitrogen and oxygen atoms in total. The quantitative estimate of drug-likeness (QED) is 0.788. The molecule has 1 aromatic heterocycles. The lowest BCUT2D eigenvalue weighted by Gasteiger charge is -2.08. The van der Waals surface area contributed by atoms with Crippen LogP contribution in [0.15, 0.2) is 24.3 Å². The number of rotatable bonds is 2. The molecule has 0 radical (unpaired) electrons. The Kier molecular flexibility index (Phi) is 2.68. The Balaban J connectivity index is 2.69. The first-order valence-corrected chi connectivity index (χ1v) is 5.37. The molecule has 0 aliphatic carbocycles. The average molecular weight is 219 g/mol. The summed E-state index contributed by atoms with van der Waals surface area (Å²) in [6.07, 6.45) is 0.989. The Labute approximate surface area is 93.8 Å². The van der Waals surface area contributed by atoms with Crippen LogP contribution >= 0.6 is 12.2 Å². The standard InChI is InChI=1S/C11H13N3S/c1-3-9-6-4-5-7-10(9)14-8(2)12-13-11(14)15/h4-7H,3H2,1-2H3,(H,13,15). The van der Waals surface area contributed by atoms with Crippen molar-refractivity contribution in [2.45, 2.75) is 20.3 Å². The minimum atomic E-state index is 0.647. The average Bonchev–Trinajstić information content (AvgIpc) is 2.59. The highest BCUT2D eigenvalue weighted by atomic mass is 32.1. The largest absolute Gasteiger partial charge is 0.272 e. The van der Waals surface area contributed by atoms with Crippen LogP contribution in [-0.2, 0) is 6.42 Å². The van der Waals surface area contributed by atoms with Crippen molar-refractivity contribution in [3.8, 4) is 5.69 Å². The molecule has 0 aliphatic heterocycles. The van der Waals surface area contributed by atoms with Gasteiger partial charge < -0.3 is 0 Å². The van der Waals surface area contributed by atoms with Crippen LogP contribution in [0.5, 0.6) is 0 Å². The Hall–Kier alpha value is -1.42. The highest BCUT2D eigenvalue weighted by Gasteiger charge is 2.06. The van der Waals surface area contributed by atoms with Crippen LogP contribution in [0.2, 0.25) is 0 Å². The van der Waals surface area contributed by atoms with Gasteiger partial charge in [0.25, 0.3) is 0 Å². The van der Waals surface area contributed by atoms with Crippen molar-refractivity contribution in [3.63, 3.8) is 0 Å². The van der Waals surface area contributed by atoms with E-state index < -0.39 is 0 Å². The molecule has 0 amide bonds. The first kappa shape index (κ1) is 10.1. The van der Waals surface area contributed by atoms with E-state index in [9.17, 15) is 0 Å². The van der Waals surface area contributed by atoms with Crippen molar-refractivity contribution in [1.29, 1.82) is 0 Å². The minimum absolute atomic E-state index is 0.647. The Morgan fingerprint density at radius 1 is 1.40 bits per heavy atom. The summed E-state index contributed by atoms with van der Waals surface area (Å²) in [5, 5.41) is 6.92. The fourth-order valence-electron chi connectivity index (χ4n) is 1.69. The number of H-pyrrole nitrogens is 1. The summed E-state index contributed by atoms with van der Waals surface area (Å²) in [4.78, 5) is 0. The highest BCUT2D eigenvalue weighted by molar-refractivity contribution is 7.71. The lowest BCUT2D eigenvalue weighted by molar-refractivity contribution is 0.938. The summed E-state index contributed by atoms with van der Waals surface area (Å²) in [5.41, 5.74) is 2.40. The highest BCUT2D eigenvalue weighted by Crippen LogP contribution is 2.16. The van der Waals surface area contributed by atoms with Crippen LogP contribution in [0.25, 0.3) is 5.69 Å². The molecular formula is C11H13N3S. The van der Waals surface area contributed by atoms with Crippen molar-refractivity contribution in [1.82, 2.24) is 14.8 Å². The van der Waals surface area contributed by atoms with E-state index >= 15 is 0 Å². The van der Waals surface area contributed by atoms with Crippen molar-refractivity contribution < 1.29 is 0 Å². The lowest BCUT2D eigenvalue weighted by Crippen LogP contribution is -2.01. The second-order valence-electron chi connectivity index (χ2n) is 3.39. The van der Waals surface area contributed by atoms with Crippen LogP contribution in [0.3, 0.4) is 0 Å². The van der Waals surface area contributed by atoms with E-state index in [1.807, 2.05) is 23.6 Å². The van der Waals surface area contributed by atoms with Gasteiger partial charge in [0.1, 0.15) is 5.82 Å². The molecule has 0 spiro atoms. The third-order valence-electron chi connectivity index (χ3n) is 2.45. The van der Waals surface area contributed by atoms with E-state index in [0.717, 1.165) is 17.9 Å². The minimum Gasteiger partial charge on any atom is -0.272 e. The summed E-state index contributed by atoms with van der Waals surface area (Å²) in [5.74, 6) is 0.890. The van der Waals surface area contributed by atoms with Crippen LogP contribution in [0.1, 0.15) is 18.3 Å². The molecule has 0 saturated carbocycles. The predicted octanol–water partition coefficient (Wildman–Crippen LogP) is 2.80. The summed E-state index contributed by atoms with van der Waals surface area (Å²) in [7, 11) is 0. The Morgan fingerprint density at radius 2 is 2.13 bits per heavy atom. The fraction of sp³-hybridized carbons (Fsp3) is 0.273. The maximum atomic E-state index is 5.21. The van der Waals surface area contributed by atoms with Gasteiger partial charge in [-0.25, -0.2) is 0 Å². The van der Waals surface area contributed by atoms with Gasteiger partial charge in [-0.1, -0.05) is 25.1 Å². The van der Waals surface area contributed by atoms with Gasteiger partial charge in [0, 0.05) is 0 Å². The summed E-state index contributed by atoms with van der Waals surface area (Å²) < 4.78 is 2.61. The van der Waals surface area contributed by atoms with Crippen LogP contribution < -0.4 is 0 Å². The Morgan fingerprint density at radius 3 is 2.73 bits per heavy atom. The van der Waals surface area contributed by atoms with Crippen LogP contribution in [0.4, 0.5) is 0 Å². The number of aryl methyl sites for hydroxylation is 2. The number of hydrogen-bond donors (Lipinski definition) is 1. The zero-order valence-electron chi connectivity index (χ0n) is 8.82. The van der Waals surface area contributed by atoms with E-state index in [1.165, 1.54) is 5.56 Å². The summed E-state index contributed by atoms with van der Waals surface area (Å²) in [6.45, 7) is 4.08. The van der Waals surface area contributed by atoms with Gasteiger partial charge in [-0.15, -0.1) is 0 Å². The molecule has 0 fully saturated rings. The normalized spacial score (nSPS) is 10.5. The van der Waals surface area contributed by atoms with Gasteiger partial charge >= 0.3 is 0 Å². The van der Waals surface area contributed by atoms with Gasteiger partial charge in [0.05, 0.1) is 5.69 Å². The molecule has 0 atom stereocenters. The predicted molar refractivity (Wildman–Crippen MR) is 62.9 cm³/mol. The first-order valence-electron chi connectivity index (χ1n) is 4.96. The van der Waals surface area contributed by atoms with Gasteiger partial charge in [-0.2, -0.15) is 5.10 Å². The van der Waals surface area contributed by atoms with Gasteiger partial charge in [-0.05, 0) is 37.2 Å². The molecule has 0 aliphatic rings. The van der Waals surface area contributed by atoms with Crippen molar-refractivity contribution in [3.05, 3.63) is 40.4 Å². The second kappa shape index (κ2) is 3.98. The zero-order chi connectivity index (χ0) is 10.8. The third kappa shape index (κ3) is 1.72. The molecule has 2 rings (SSSR count). The molecule has 15 heavy (non-hydrogen) atoms. The summed E-state index contributed by atoms with van der Waals surface area (Å²) >= 11 is 5.21. The third-order valence-corrected chi connectivity index (χ3v) is 2.73. The number of aromatic nitrogens is 3. The number of nitrogens with one attached hydrogen (secondary N) is 1. The molecule has 78 valence electrons. The number of nitrogens with zero attached hydrogens (tertiary/aromatic N) is 2. The molecule has 0 unspecified atom stereocenters. The molecule has 1 aromatic carbocycles. The van der Waals surface area contributed by atoms with Crippen molar-refractivity contribution in [2.75, 3.05) is 0 Å². The van der Waals surface area contributed by atoms with Gasteiger partial charge in [0.2, 0.25) is 0 Å². The fourth-order valence-corrected chi connectivity index (χ4v) is 1.96. The van der Waals surface area contributed by atoms with E-state index in [1.54, 1.807) is 0 Å². The van der Waals surface area contributed by atoms with E-state index in [4.69, 9.17) is 12.2 Å². The van der Waals surface area contributed by atoms with Crippen LogP contribution in [0, 0.1) is 11.7 Å². The smallest absolute Gasteiger partial charge is 0.199 e. The first-order chi connectivity index (χ1) is 7.24. The topological polar surface area (TPSA) is 33.6 Å². The molecule has 1 heterocycles. The summed E-state index contributed by atoms with van der Waals surface area (Å²) in [6, 6.07) is 8.24. The maximum Gasteiger partial charge on any atom is 0.199 e. The second-order valence-corrected chi connectivity index (χ2v) is 3.78. The van der Waals surface area contributed by atoms with Crippen molar-refractivity contribution in [2.24, 2.45) is 0 Å². The van der Waals surface area contributed by atoms with E-state index in [-0.39, 0.29) is 0 Å². The molecule has 1 N–H and O–H groups in total. The SMILES string of the molecule is CCc1ccccc1-n1c(C)n[nH]c1=S. The zero-order valence-corrected chi connectivity index (χ0v) is 9.64. The number of hydrogen-bond acceptors (Lipinski definition) is 2. The molecule has 0 saturated heterocycles.